The predicted molar refractivity (Wildman–Crippen MR) is 88.6 cm³/mol. The number of hydrogen-bond donors (Lipinski definition) is 2. The minimum absolute atomic E-state index is 0. The molecule has 0 bridgehead atoms. The van der Waals surface area contributed by atoms with Crippen LogP contribution in [0.15, 0.2) is 30.3 Å². The molecule has 1 aliphatic rings. The number of nitrogens with one attached hydrogen (secondary N) is 2. The van der Waals surface area contributed by atoms with E-state index in [1.807, 2.05) is 24.3 Å². The summed E-state index contributed by atoms with van der Waals surface area (Å²) in [5, 5.41) is 11.5. The first-order valence-corrected chi connectivity index (χ1v) is 6.48. The first-order chi connectivity index (χ1) is 8.83. The van der Waals surface area contributed by atoms with Gasteiger partial charge >= 0.3 is 0 Å². The molecule has 1 saturated heterocycles. The fourth-order valence-electron chi connectivity index (χ4n) is 2.14. The van der Waals surface area contributed by atoms with E-state index in [1.54, 1.807) is 0 Å². The van der Waals surface area contributed by atoms with Crippen molar-refractivity contribution < 1.29 is 0 Å². The summed E-state index contributed by atoms with van der Waals surface area (Å²) < 4.78 is 0. The largest absolute Gasteiger partial charge is 0.353 e. The molecular formula is C13H17Cl3N4. The van der Waals surface area contributed by atoms with Gasteiger partial charge in [-0.25, -0.2) is 0 Å². The summed E-state index contributed by atoms with van der Waals surface area (Å²) in [7, 11) is 0. The molecule has 1 aliphatic heterocycles. The number of benzene rings is 1. The second-order valence-corrected chi connectivity index (χ2v) is 4.82. The van der Waals surface area contributed by atoms with Gasteiger partial charge in [0.1, 0.15) is 0 Å². The molecule has 0 radical (unpaired) electrons. The Morgan fingerprint density at radius 2 is 1.70 bits per heavy atom. The average Bonchev–Trinajstić information content (AvgIpc) is 2.90. The molecule has 7 heteroatoms. The third-order valence-electron chi connectivity index (χ3n) is 3.16. The van der Waals surface area contributed by atoms with Crippen molar-refractivity contribution >= 4 is 42.2 Å². The van der Waals surface area contributed by atoms with Gasteiger partial charge in [0.05, 0.1) is 5.69 Å². The number of nitrogens with zero attached hydrogens (tertiary/aromatic N) is 2. The maximum Gasteiger partial charge on any atom is 0.151 e. The molecule has 0 unspecified atom stereocenters. The Bertz CT molecular complexity index is 521. The molecule has 4 nitrogen and oxygen atoms in total. The van der Waals surface area contributed by atoms with Crippen LogP contribution in [0, 0.1) is 0 Å². The zero-order valence-electron chi connectivity index (χ0n) is 10.8. The predicted octanol–water partition coefficient (Wildman–Crippen LogP) is 2.98. The lowest BCUT2D eigenvalue weighted by atomic mass is 10.1. The van der Waals surface area contributed by atoms with Gasteiger partial charge in [-0.05, 0) is 17.7 Å². The molecule has 2 N–H and O–H groups in total. The lowest BCUT2D eigenvalue weighted by Crippen LogP contribution is -2.43. The Morgan fingerprint density at radius 1 is 1.05 bits per heavy atom. The molecular weight excluding hydrogens is 319 g/mol. The topological polar surface area (TPSA) is 44.0 Å². The van der Waals surface area contributed by atoms with Crippen LogP contribution in [0.1, 0.15) is 0 Å². The van der Waals surface area contributed by atoms with E-state index in [9.17, 15) is 0 Å². The highest BCUT2D eigenvalue weighted by molar-refractivity contribution is 6.30. The Balaban J connectivity index is 0.000001000. The number of piperazine rings is 1. The van der Waals surface area contributed by atoms with Crippen molar-refractivity contribution in [1.29, 1.82) is 0 Å². The lowest BCUT2D eigenvalue weighted by Gasteiger charge is -2.26. The van der Waals surface area contributed by atoms with Crippen LogP contribution in [-0.4, -0.2) is 36.4 Å². The summed E-state index contributed by atoms with van der Waals surface area (Å²) in [5.74, 6) is 1.02. The normalized spacial score (nSPS) is 14.3. The standard InChI is InChI=1S/C13H15ClN4.2ClH/c14-11-3-1-10(2-4-11)12-9-13(17-16-12)18-7-5-15-6-8-18;;/h1-4,9,15H,5-8H2,(H,16,17);2*1H. The van der Waals surface area contributed by atoms with E-state index in [4.69, 9.17) is 11.6 Å². The molecule has 1 aromatic heterocycles. The Hall–Kier alpha value is -0.940. The van der Waals surface area contributed by atoms with Crippen molar-refractivity contribution in [3.05, 3.63) is 35.4 Å². The summed E-state index contributed by atoms with van der Waals surface area (Å²) in [6, 6.07) is 9.87. The summed E-state index contributed by atoms with van der Waals surface area (Å²) in [4.78, 5) is 2.28. The zero-order chi connectivity index (χ0) is 12.4. The van der Waals surface area contributed by atoms with Gasteiger partial charge in [-0.15, -0.1) is 24.8 Å². The van der Waals surface area contributed by atoms with Gasteiger partial charge in [-0.2, -0.15) is 5.10 Å². The van der Waals surface area contributed by atoms with Crippen molar-refractivity contribution in [3.63, 3.8) is 0 Å². The second-order valence-electron chi connectivity index (χ2n) is 4.38. The van der Waals surface area contributed by atoms with Crippen LogP contribution in [0.2, 0.25) is 5.02 Å². The van der Waals surface area contributed by atoms with Crippen LogP contribution in [0.5, 0.6) is 0 Å². The lowest BCUT2D eigenvalue weighted by molar-refractivity contribution is 0.584. The Morgan fingerprint density at radius 3 is 2.35 bits per heavy atom. The van der Waals surface area contributed by atoms with Gasteiger partial charge in [-0.3, -0.25) is 5.10 Å². The van der Waals surface area contributed by atoms with Crippen LogP contribution >= 0.6 is 36.4 Å². The molecule has 0 atom stereocenters. The van der Waals surface area contributed by atoms with Crippen molar-refractivity contribution in [1.82, 2.24) is 15.5 Å². The molecule has 1 fully saturated rings. The van der Waals surface area contributed by atoms with E-state index < -0.39 is 0 Å². The van der Waals surface area contributed by atoms with E-state index in [0.29, 0.717) is 0 Å². The van der Waals surface area contributed by atoms with Crippen molar-refractivity contribution in [2.45, 2.75) is 0 Å². The summed E-state index contributed by atoms with van der Waals surface area (Å²) >= 11 is 5.89. The number of aromatic nitrogens is 2. The van der Waals surface area contributed by atoms with Crippen molar-refractivity contribution in [2.75, 3.05) is 31.1 Å². The first kappa shape index (κ1) is 17.1. The van der Waals surface area contributed by atoms with Crippen LogP contribution in [0.25, 0.3) is 11.3 Å². The van der Waals surface area contributed by atoms with Crippen LogP contribution in [0.4, 0.5) is 5.82 Å². The average molecular weight is 336 g/mol. The Labute approximate surface area is 135 Å². The second kappa shape index (κ2) is 7.74. The smallest absolute Gasteiger partial charge is 0.151 e. The maximum atomic E-state index is 5.89. The van der Waals surface area contributed by atoms with Crippen LogP contribution in [0.3, 0.4) is 0 Å². The molecule has 110 valence electrons. The van der Waals surface area contributed by atoms with Crippen molar-refractivity contribution in [3.8, 4) is 11.3 Å². The summed E-state index contributed by atoms with van der Waals surface area (Å²) in [5.41, 5.74) is 2.13. The molecule has 1 aromatic carbocycles. The SMILES string of the molecule is Cl.Cl.Clc1ccc(-c2cc(N3CCNCC3)n[nH]2)cc1. The minimum Gasteiger partial charge on any atom is -0.353 e. The van der Waals surface area contributed by atoms with Crippen LogP contribution in [-0.2, 0) is 0 Å². The third-order valence-corrected chi connectivity index (χ3v) is 3.41. The molecule has 0 saturated carbocycles. The highest BCUT2D eigenvalue weighted by atomic mass is 35.5. The van der Waals surface area contributed by atoms with Crippen molar-refractivity contribution in [2.24, 2.45) is 0 Å². The quantitative estimate of drug-likeness (QED) is 0.887. The van der Waals surface area contributed by atoms with Gasteiger partial charge in [-0.1, -0.05) is 23.7 Å². The van der Waals surface area contributed by atoms with Crippen LogP contribution < -0.4 is 10.2 Å². The first-order valence-electron chi connectivity index (χ1n) is 6.10. The van der Waals surface area contributed by atoms with E-state index >= 15 is 0 Å². The minimum atomic E-state index is 0. The number of rotatable bonds is 2. The molecule has 0 spiro atoms. The number of aromatic amines is 1. The highest BCUT2D eigenvalue weighted by Gasteiger charge is 2.13. The molecule has 3 rings (SSSR count). The fraction of sp³-hybridized carbons (Fsp3) is 0.308. The summed E-state index contributed by atoms with van der Waals surface area (Å²) in [6.45, 7) is 4.04. The molecule has 20 heavy (non-hydrogen) atoms. The molecule has 0 amide bonds. The van der Waals surface area contributed by atoms with Gasteiger partial charge in [0.15, 0.2) is 5.82 Å². The van der Waals surface area contributed by atoms with E-state index in [1.165, 1.54) is 0 Å². The Kier molecular flexibility index (Phi) is 6.62. The van der Waals surface area contributed by atoms with E-state index in [2.05, 4.69) is 26.5 Å². The van der Waals surface area contributed by atoms with E-state index in [-0.39, 0.29) is 24.8 Å². The van der Waals surface area contributed by atoms with Gasteiger partial charge in [0.2, 0.25) is 0 Å². The zero-order valence-corrected chi connectivity index (χ0v) is 13.2. The maximum absolute atomic E-state index is 5.89. The fourth-order valence-corrected chi connectivity index (χ4v) is 2.27. The number of H-pyrrole nitrogens is 1. The molecule has 2 heterocycles. The molecule has 2 aromatic rings. The summed E-state index contributed by atoms with van der Waals surface area (Å²) in [6.07, 6.45) is 0. The van der Waals surface area contributed by atoms with E-state index in [0.717, 1.165) is 48.3 Å². The number of anilines is 1. The molecule has 0 aliphatic carbocycles. The monoisotopic (exact) mass is 334 g/mol. The highest BCUT2D eigenvalue weighted by Crippen LogP contribution is 2.23. The third kappa shape index (κ3) is 3.79. The van der Waals surface area contributed by atoms with Gasteiger partial charge < -0.3 is 10.2 Å². The van der Waals surface area contributed by atoms with Gasteiger partial charge in [0, 0.05) is 37.3 Å². The van der Waals surface area contributed by atoms with Gasteiger partial charge in [0.25, 0.3) is 0 Å². The number of hydrogen-bond acceptors (Lipinski definition) is 3. The number of halogens is 3.